The molecule has 2 heterocycles. The van der Waals surface area contributed by atoms with Gasteiger partial charge in [-0.25, -0.2) is 0 Å². The maximum Gasteiger partial charge on any atom is 0.0367 e. The normalized spacial score (nSPS) is 33.2. The first-order valence-corrected chi connectivity index (χ1v) is 10.8. The number of para-hydroxylation sites is 1. The van der Waals surface area contributed by atoms with Gasteiger partial charge in [0.1, 0.15) is 0 Å². The first-order valence-electron chi connectivity index (χ1n) is 10.8. The molecular formula is C23H33N3. The number of allylic oxidation sites excluding steroid dienone is 2. The number of rotatable bonds is 4. The molecule has 26 heavy (non-hydrogen) atoms. The van der Waals surface area contributed by atoms with Crippen LogP contribution in [0.25, 0.3) is 0 Å². The molecule has 1 aromatic carbocycles. The molecule has 0 N–H and O–H groups in total. The maximum absolute atomic E-state index is 2.77. The molecular weight excluding hydrogens is 318 g/mol. The maximum atomic E-state index is 2.77. The summed E-state index contributed by atoms with van der Waals surface area (Å²) < 4.78 is 0. The molecule has 4 aliphatic rings. The molecule has 0 aromatic heterocycles. The van der Waals surface area contributed by atoms with Crippen molar-refractivity contribution in [1.29, 1.82) is 0 Å². The lowest BCUT2D eigenvalue weighted by molar-refractivity contribution is 0.0919. The van der Waals surface area contributed by atoms with E-state index in [0.717, 1.165) is 23.8 Å². The van der Waals surface area contributed by atoms with Crippen LogP contribution in [0.5, 0.6) is 0 Å². The van der Waals surface area contributed by atoms with Gasteiger partial charge in [0.15, 0.2) is 0 Å². The molecule has 5 rings (SSSR count). The van der Waals surface area contributed by atoms with Gasteiger partial charge in [-0.05, 0) is 68.7 Å². The first-order chi connectivity index (χ1) is 12.8. The van der Waals surface area contributed by atoms with E-state index in [4.69, 9.17) is 0 Å². The Kier molecular flexibility index (Phi) is 4.76. The lowest BCUT2D eigenvalue weighted by Crippen LogP contribution is -2.53. The van der Waals surface area contributed by atoms with Crippen molar-refractivity contribution in [2.24, 2.45) is 17.8 Å². The monoisotopic (exact) mass is 351 g/mol. The van der Waals surface area contributed by atoms with Crippen molar-refractivity contribution < 1.29 is 0 Å². The van der Waals surface area contributed by atoms with E-state index in [1.165, 1.54) is 77.2 Å². The van der Waals surface area contributed by atoms with E-state index < -0.39 is 0 Å². The molecule has 0 spiro atoms. The van der Waals surface area contributed by atoms with E-state index in [-0.39, 0.29) is 0 Å². The van der Waals surface area contributed by atoms with Gasteiger partial charge in [0.2, 0.25) is 0 Å². The fourth-order valence-corrected chi connectivity index (χ4v) is 5.89. The van der Waals surface area contributed by atoms with Crippen LogP contribution in [-0.4, -0.2) is 61.7 Å². The largest absolute Gasteiger partial charge is 0.369 e. The topological polar surface area (TPSA) is 9.72 Å². The number of nitrogens with zero attached hydrogens (tertiary/aromatic N) is 3. The third-order valence-electron chi connectivity index (χ3n) is 7.42. The Morgan fingerprint density at radius 2 is 1.58 bits per heavy atom. The van der Waals surface area contributed by atoms with Gasteiger partial charge in [-0.3, -0.25) is 4.90 Å². The lowest BCUT2D eigenvalue weighted by Gasteiger charge is -2.44. The van der Waals surface area contributed by atoms with Crippen LogP contribution in [0.3, 0.4) is 0 Å². The van der Waals surface area contributed by atoms with E-state index in [9.17, 15) is 0 Å². The summed E-state index contributed by atoms with van der Waals surface area (Å²) in [7, 11) is 0. The molecule has 2 bridgehead atoms. The van der Waals surface area contributed by atoms with Crippen LogP contribution in [0.15, 0.2) is 42.5 Å². The van der Waals surface area contributed by atoms with Crippen molar-refractivity contribution in [3.63, 3.8) is 0 Å². The second-order valence-electron chi connectivity index (χ2n) is 8.93. The Balaban J connectivity index is 1.07. The number of hydrogen-bond donors (Lipinski definition) is 0. The van der Waals surface area contributed by atoms with Crippen LogP contribution in [-0.2, 0) is 0 Å². The van der Waals surface area contributed by atoms with Crippen LogP contribution in [0, 0.1) is 17.8 Å². The lowest BCUT2D eigenvalue weighted by atomic mass is 9.92. The zero-order valence-corrected chi connectivity index (χ0v) is 16.0. The molecule has 1 aromatic rings. The average molecular weight is 352 g/mol. The minimum absolute atomic E-state index is 0.823. The van der Waals surface area contributed by atoms with Gasteiger partial charge in [0.25, 0.3) is 0 Å². The zero-order chi connectivity index (χ0) is 17.3. The fourth-order valence-electron chi connectivity index (χ4n) is 5.89. The second-order valence-corrected chi connectivity index (χ2v) is 8.93. The SMILES string of the molecule is C1=C[C@@H]2C[C@H]1C[C@@H]2CN1CCC(N2CCN(c3ccccc3)CC2)CC1. The summed E-state index contributed by atoms with van der Waals surface area (Å²) in [6, 6.07) is 11.7. The molecule has 0 unspecified atom stereocenters. The molecule has 2 aliphatic heterocycles. The van der Waals surface area contributed by atoms with Gasteiger partial charge >= 0.3 is 0 Å². The number of anilines is 1. The summed E-state index contributed by atoms with van der Waals surface area (Å²) in [6.07, 6.45) is 10.7. The summed E-state index contributed by atoms with van der Waals surface area (Å²) in [4.78, 5) is 8.10. The Morgan fingerprint density at radius 3 is 2.23 bits per heavy atom. The number of benzene rings is 1. The van der Waals surface area contributed by atoms with Crippen LogP contribution >= 0.6 is 0 Å². The van der Waals surface area contributed by atoms with Gasteiger partial charge in [-0.1, -0.05) is 30.4 Å². The van der Waals surface area contributed by atoms with Crippen molar-refractivity contribution >= 4 is 5.69 Å². The highest BCUT2D eigenvalue weighted by Crippen LogP contribution is 2.43. The van der Waals surface area contributed by atoms with Crippen LogP contribution < -0.4 is 4.90 Å². The molecule has 3 atom stereocenters. The van der Waals surface area contributed by atoms with Gasteiger partial charge in [0.05, 0.1) is 0 Å². The molecule has 3 nitrogen and oxygen atoms in total. The quantitative estimate of drug-likeness (QED) is 0.769. The molecule has 0 amide bonds. The van der Waals surface area contributed by atoms with E-state index in [0.29, 0.717) is 0 Å². The summed E-state index contributed by atoms with van der Waals surface area (Å²) in [5.74, 6) is 2.78. The highest BCUT2D eigenvalue weighted by molar-refractivity contribution is 5.46. The molecule has 3 heteroatoms. The Morgan fingerprint density at radius 1 is 0.808 bits per heavy atom. The van der Waals surface area contributed by atoms with Gasteiger partial charge < -0.3 is 9.80 Å². The number of fused-ring (bicyclic) bond motifs is 2. The summed E-state index contributed by atoms with van der Waals surface area (Å²) in [5.41, 5.74) is 1.39. The number of piperazine rings is 1. The van der Waals surface area contributed by atoms with Gasteiger partial charge in [-0.15, -0.1) is 0 Å². The predicted octanol–water partition coefficient (Wildman–Crippen LogP) is 3.49. The van der Waals surface area contributed by atoms with Crippen LogP contribution in [0.1, 0.15) is 25.7 Å². The highest BCUT2D eigenvalue weighted by atomic mass is 15.3. The summed E-state index contributed by atoms with van der Waals surface area (Å²) >= 11 is 0. The first kappa shape index (κ1) is 16.8. The fraction of sp³-hybridized carbons (Fsp3) is 0.652. The van der Waals surface area contributed by atoms with E-state index in [1.807, 2.05) is 0 Å². The third-order valence-corrected chi connectivity index (χ3v) is 7.42. The summed E-state index contributed by atoms with van der Waals surface area (Å²) in [5, 5.41) is 0. The van der Waals surface area contributed by atoms with E-state index in [1.54, 1.807) is 0 Å². The minimum Gasteiger partial charge on any atom is -0.369 e. The van der Waals surface area contributed by atoms with Crippen molar-refractivity contribution in [1.82, 2.24) is 9.80 Å². The number of likely N-dealkylation sites (tertiary alicyclic amines) is 1. The summed E-state index contributed by atoms with van der Waals surface area (Å²) in [6.45, 7) is 8.83. The predicted molar refractivity (Wildman–Crippen MR) is 109 cm³/mol. The van der Waals surface area contributed by atoms with Crippen molar-refractivity contribution in [2.45, 2.75) is 31.7 Å². The Bertz CT molecular complexity index is 612. The number of piperidine rings is 1. The average Bonchev–Trinajstić information content (AvgIpc) is 3.33. The molecule has 3 fully saturated rings. The standard InChI is InChI=1S/C23H33N3/c1-2-4-22(5-3-1)25-12-14-26(15-13-25)23-8-10-24(11-9-23)18-21-17-19-6-7-20(21)16-19/h1-7,19-21,23H,8-18H2/t19-,20+,21+/m0/s1. The highest BCUT2D eigenvalue weighted by Gasteiger charge is 2.37. The van der Waals surface area contributed by atoms with Crippen molar-refractivity contribution in [2.75, 3.05) is 50.7 Å². The Hall–Kier alpha value is -1.32. The van der Waals surface area contributed by atoms with Gasteiger partial charge in [-0.2, -0.15) is 0 Å². The molecule has 140 valence electrons. The van der Waals surface area contributed by atoms with Crippen molar-refractivity contribution in [3.8, 4) is 0 Å². The molecule has 2 saturated heterocycles. The van der Waals surface area contributed by atoms with Gasteiger partial charge in [0, 0.05) is 44.5 Å². The third kappa shape index (κ3) is 3.44. The van der Waals surface area contributed by atoms with E-state index in [2.05, 4.69) is 57.2 Å². The van der Waals surface area contributed by atoms with E-state index >= 15 is 0 Å². The molecule has 0 radical (unpaired) electrons. The molecule has 1 saturated carbocycles. The van der Waals surface area contributed by atoms with Crippen LogP contribution in [0.4, 0.5) is 5.69 Å². The van der Waals surface area contributed by atoms with Crippen molar-refractivity contribution in [3.05, 3.63) is 42.5 Å². The zero-order valence-electron chi connectivity index (χ0n) is 16.0. The number of hydrogen-bond acceptors (Lipinski definition) is 3. The second kappa shape index (κ2) is 7.36. The smallest absolute Gasteiger partial charge is 0.0367 e. The Labute approximate surface area is 158 Å². The molecule has 2 aliphatic carbocycles. The minimum atomic E-state index is 0.823. The van der Waals surface area contributed by atoms with Crippen LogP contribution in [0.2, 0.25) is 0 Å².